The molecule has 24 heavy (non-hydrogen) atoms. The number of aromatic nitrogens is 3. The van der Waals surface area contributed by atoms with E-state index in [-0.39, 0.29) is 5.56 Å². The second-order valence-corrected chi connectivity index (χ2v) is 7.35. The molecular weight excluding hydrogens is 352 g/mol. The van der Waals surface area contributed by atoms with E-state index in [2.05, 4.69) is 10.2 Å². The van der Waals surface area contributed by atoms with Crippen molar-refractivity contribution in [2.45, 2.75) is 17.3 Å². The van der Waals surface area contributed by atoms with Gasteiger partial charge in [0.2, 0.25) is 0 Å². The standard InChI is InChI=1S/C16H13F2N3OS2/c1-9(14(22)11-6-5-10(17)8-12(11)18)24-16-20-19-15(21(16)2)13-4-3-7-23-13/h3-9H,1-2H3. The van der Waals surface area contributed by atoms with Gasteiger partial charge in [-0.3, -0.25) is 4.79 Å². The van der Waals surface area contributed by atoms with Crippen LogP contribution >= 0.6 is 23.1 Å². The van der Waals surface area contributed by atoms with Crippen molar-refractivity contribution in [1.29, 1.82) is 0 Å². The van der Waals surface area contributed by atoms with E-state index in [1.54, 1.807) is 22.8 Å². The lowest BCUT2D eigenvalue weighted by molar-refractivity contribution is 0.0990. The van der Waals surface area contributed by atoms with Crippen LogP contribution in [0.25, 0.3) is 10.7 Å². The van der Waals surface area contributed by atoms with Crippen LogP contribution in [0.4, 0.5) is 8.78 Å². The van der Waals surface area contributed by atoms with Gasteiger partial charge in [0.05, 0.1) is 15.7 Å². The molecule has 0 N–H and O–H groups in total. The normalized spacial score (nSPS) is 12.3. The number of carbonyl (C=O) groups is 1. The molecule has 124 valence electrons. The first kappa shape index (κ1) is 16.8. The highest BCUT2D eigenvalue weighted by Crippen LogP contribution is 2.29. The van der Waals surface area contributed by atoms with Gasteiger partial charge in [0, 0.05) is 13.1 Å². The largest absolute Gasteiger partial charge is 0.304 e. The van der Waals surface area contributed by atoms with Crippen molar-refractivity contribution in [2.24, 2.45) is 7.05 Å². The average Bonchev–Trinajstić information content (AvgIpc) is 3.17. The number of ketones is 1. The Morgan fingerprint density at radius 3 is 2.75 bits per heavy atom. The van der Waals surface area contributed by atoms with Gasteiger partial charge < -0.3 is 4.57 Å². The van der Waals surface area contributed by atoms with Crippen LogP contribution in [0.5, 0.6) is 0 Å². The molecule has 0 saturated heterocycles. The molecule has 0 bridgehead atoms. The molecule has 3 rings (SSSR count). The van der Waals surface area contributed by atoms with E-state index in [0.29, 0.717) is 17.0 Å². The second kappa shape index (κ2) is 6.82. The zero-order valence-electron chi connectivity index (χ0n) is 12.9. The molecule has 0 amide bonds. The average molecular weight is 365 g/mol. The number of halogens is 2. The SMILES string of the molecule is CC(Sc1nnc(-c2cccs2)n1C)C(=O)c1ccc(F)cc1F. The zero-order chi connectivity index (χ0) is 17.3. The summed E-state index contributed by atoms with van der Waals surface area (Å²) in [4.78, 5) is 13.4. The van der Waals surface area contributed by atoms with E-state index < -0.39 is 22.7 Å². The van der Waals surface area contributed by atoms with Gasteiger partial charge in [0.1, 0.15) is 11.6 Å². The summed E-state index contributed by atoms with van der Waals surface area (Å²) < 4.78 is 28.5. The van der Waals surface area contributed by atoms with E-state index >= 15 is 0 Å². The minimum atomic E-state index is -0.857. The highest BCUT2D eigenvalue weighted by atomic mass is 32.2. The first-order valence-electron chi connectivity index (χ1n) is 7.06. The Balaban J connectivity index is 1.80. The monoisotopic (exact) mass is 365 g/mol. The molecular formula is C16H13F2N3OS2. The maximum atomic E-state index is 13.8. The molecule has 0 aliphatic rings. The van der Waals surface area contributed by atoms with Gasteiger partial charge in [-0.25, -0.2) is 8.78 Å². The molecule has 1 unspecified atom stereocenters. The summed E-state index contributed by atoms with van der Waals surface area (Å²) in [5.74, 6) is -1.28. The number of thiophene rings is 1. The zero-order valence-corrected chi connectivity index (χ0v) is 14.5. The smallest absolute Gasteiger partial charge is 0.191 e. The van der Waals surface area contributed by atoms with Crippen LogP contribution in [0.1, 0.15) is 17.3 Å². The van der Waals surface area contributed by atoms with Crippen LogP contribution in [-0.2, 0) is 7.05 Å². The maximum absolute atomic E-state index is 13.8. The van der Waals surface area contributed by atoms with Crippen LogP contribution in [0.15, 0.2) is 40.9 Å². The summed E-state index contributed by atoms with van der Waals surface area (Å²) in [6.45, 7) is 1.66. The molecule has 0 aliphatic heterocycles. The van der Waals surface area contributed by atoms with Gasteiger partial charge in [-0.05, 0) is 30.5 Å². The number of rotatable bonds is 5. The molecule has 3 aromatic rings. The summed E-state index contributed by atoms with van der Waals surface area (Å²) in [6.07, 6.45) is 0. The number of Topliss-reactive ketones (excluding diaryl/α,β-unsaturated/α-hetero) is 1. The van der Waals surface area contributed by atoms with Gasteiger partial charge in [-0.2, -0.15) is 0 Å². The molecule has 0 spiro atoms. The molecule has 2 heterocycles. The van der Waals surface area contributed by atoms with Crippen molar-refractivity contribution in [2.75, 3.05) is 0 Å². The van der Waals surface area contributed by atoms with E-state index in [1.807, 2.05) is 24.6 Å². The lowest BCUT2D eigenvalue weighted by atomic mass is 10.1. The summed E-state index contributed by atoms with van der Waals surface area (Å²) in [5, 5.41) is 10.2. The fraction of sp³-hybridized carbons (Fsp3) is 0.188. The summed E-state index contributed by atoms with van der Waals surface area (Å²) in [7, 11) is 1.81. The Kier molecular flexibility index (Phi) is 4.77. The summed E-state index contributed by atoms with van der Waals surface area (Å²) >= 11 is 2.73. The topological polar surface area (TPSA) is 47.8 Å². The number of thioether (sulfide) groups is 1. The van der Waals surface area contributed by atoms with E-state index in [4.69, 9.17) is 0 Å². The Hall–Kier alpha value is -2.06. The van der Waals surface area contributed by atoms with Gasteiger partial charge in [0.25, 0.3) is 0 Å². The number of carbonyl (C=O) groups excluding carboxylic acids is 1. The lowest BCUT2D eigenvalue weighted by Crippen LogP contribution is -2.16. The molecule has 0 aliphatic carbocycles. The minimum Gasteiger partial charge on any atom is -0.304 e. The molecule has 1 atom stereocenters. The second-order valence-electron chi connectivity index (χ2n) is 5.09. The maximum Gasteiger partial charge on any atom is 0.191 e. The molecule has 1 aromatic carbocycles. The molecule has 4 nitrogen and oxygen atoms in total. The fourth-order valence-electron chi connectivity index (χ4n) is 2.16. The first-order chi connectivity index (χ1) is 11.5. The van der Waals surface area contributed by atoms with Crippen molar-refractivity contribution >= 4 is 28.9 Å². The number of benzene rings is 1. The van der Waals surface area contributed by atoms with Crippen molar-refractivity contribution < 1.29 is 13.6 Å². The summed E-state index contributed by atoms with van der Waals surface area (Å²) in [5.41, 5.74) is -0.128. The Labute approximate surface area is 145 Å². The quantitative estimate of drug-likeness (QED) is 0.503. The van der Waals surface area contributed by atoms with Crippen molar-refractivity contribution in [3.8, 4) is 10.7 Å². The Morgan fingerprint density at radius 1 is 1.29 bits per heavy atom. The van der Waals surface area contributed by atoms with Crippen LogP contribution in [0.2, 0.25) is 0 Å². The third-order valence-electron chi connectivity index (χ3n) is 3.42. The minimum absolute atomic E-state index is 0.128. The molecule has 8 heteroatoms. The highest BCUT2D eigenvalue weighted by molar-refractivity contribution is 8.00. The van der Waals surface area contributed by atoms with Gasteiger partial charge in [-0.1, -0.05) is 17.8 Å². The molecule has 2 aromatic heterocycles. The Morgan fingerprint density at radius 2 is 2.08 bits per heavy atom. The van der Waals surface area contributed by atoms with Gasteiger partial charge >= 0.3 is 0 Å². The number of hydrogen-bond donors (Lipinski definition) is 0. The van der Waals surface area contributed by atoms with Crippen LogP contribution in [0.3, 0.4) is 0 Å². The van der Waals surface area contributed by atoms with E-state index in [1.165, 1.54) is 11.8 Å². The van der Waals surface area contributed by atoms with E-state index in [0.717, 1.165) is 17.0 Å². The molecule has 0 radical (unpaired) electrons. The van der Waals surface area contributed by atoms with Crippen LogP contribution in [0, 0.1) is 11.6 Å². The van der Waals surface area contributed by atoms with E-state index in [9.17, 15) is 13.6 Å². The predicted molar refractivity (Wildman–Crippen MR) is 90.3 cm³/mol. The van der Waals surface area contributed by atoms with Crippen molar-refractivity contribution in [3.05, 3.63) is 52.9 Å². The number of hydrogen-bond acceptors (Lipinski definition) is 5. The third kappa shape index (κ3) is 3.25. The lowest BCUT2D eigenvalue weighted by Gasteiger charge is -2.10. The molecule has 0 fully saturated rings. The summed E-state index contributed by atoms with van der Waals surface area (Å²) in [6, 6.07) is 6.81. The van der Waals surface area contributed by atoms with Crippen molar-refractivity contribution in [3.63, 3.8) is 0 Å². The number of nitrogens with zero attached hydrogens (tertiary/aromatic N) is 3. The predicted octanol–water partition coefficient (Wildman–Crippen LogP) is 4.19. The van der Waals surface area contributed by atoms with Gasteiger partial charge in [-0.15, -0.1) is 21.5 Å². The highest BCUT2D eigenvalue weighted by Gasteiger charge is 2.23. The fourth-order valence-corrected chi connectivity index (χ4v) is 3.78. The van der Waals surface area contributed by atoms with Crippen molar-refractivity contribution in [1.82, 2.24) is 14.8 Å². The molecule has 0 saturated carbocycles. The van der Waals surface area contributed by atoms with Crippen LogP contribution < -0.4 is 0 Å². The Bertz CT molecular complexity index is 878. The first-order valence-corrected chi connectivity index (χ1v) is 8.82. The third-order valence-corrected chi connectivity index (χ3v) is 5.42. The van der Waals surface area contributed by atoms with Gasteiger partial charge in [0.15, 0.2) is 16.8 Å². The van der Waals surface area contributed by atoms with Crippen LogP contribution in [-0.4, -0.2) is 25.8 Å².